The van der Waals surface area contributed by atoms with E-state index in [1.54, 1.807) is 13.0 Å². The summed E-state index contributed by atoms with van der Waals surface area (Å²) in [5, 5.41) is 7.57. The van der Waals surface area contributed by atoms with Gasteiger partial charge in [-0.1, -0.05) is 6.07 Å². The molecular weight excluding hydrogens is 259 g/mol. The van der Waals surface area contributed by atoms with Gasteiger partial charge in [-0.3, -0.25) is 4.57 Å². The number of aromatic nitrogens is 3. The fraction of sp³-hybridized carbons (Fsp3) is 0.333. The molecule has 0 saturated carbocycles. The second-order valence-corrected chi connectivity index (χ2v) is 3.99. The molecular formula is C12H12F3N3O. The Balaban J connectivity index is 2.46. The smallest absolute Gasteiger partial charge is 0.374 e. The fourth-order valence-electron chi connectivity index (χ4n) is 1.66. The van der Waals surface area contributed by atoms with Crippen LogP contribution >= 0.6 is 0 Å². The van der Waals surface area contributed by atoms with Crippen molar-refractivity contribution in [2.45, 2.75) is 19.2 Å². The quantitative estimate of drug-likeness (QED) is 0.861. The van der Waals surface area contributed by atoms with Crippen LogP contribution in [0.4, 0.5) is 13.2 Å². The van der Waals surface area contributed by atoms with Crippen molar-refractivity contribution in [2.75, 3.05) is 7.11 Å². The molecule has 0 saturated heterocycles. The highest BCUT2D eigenvalue weighted by Gasteiger charge is 2.30. The van der Waals surface area contributed by atoms with Gasteiger partial charge in [-0.25, -0.2) is 0 Å². The maximum Gasteiger partial charge on any atom is 0.416 e. The number of nitrogens with zero attached hydrogens (tertiary/aromatic N) is 3. The Morgan fingerprint density at radius 3 is 2.68 bits per heavy atom. The van der Waals surface area contributed by atoms with Gasteiger partial charge in [0.15, 0.2) is 5.82 Å². The zero-order valence-electron chi connectivity index (χ0n) is 10.3. The zero-order chi connectivity index (χ0) is 14.0. The Morgan fingerprint density at radius 2 is 2.05 bits per heavy atom. The van der Waals surface area contributed by atoms with Crippen molar-refractivity contribution in [3.8, 4) is 5.69 Å². The molecule has 0 amide bonds. The van der Waals surface area contributed by atoms with Crippen LogP contribution < -0.4 is 0 Å². The standard InChI is InChI=1S/C12H12F3N3O/c1-8(19-2)11-17-16-7-18(11)10-5-3-4-9(6-10)12(13,14)15/h3-8H,1-2H3/t8-/m0/s1. The number of hydrogen-bond acceptors (Lipinski definition) is 3. The molecule has 0 unspecified atom stereocenters. The lowest BCUT2D eigenvalue weighted by atomic mass is 10.2. The van der Waals surface area contributed by atoms with Crippen LogP contribution in [0.1, 0.15) is 24.4 Å². The van der Waals surface area contributed by atoms with Crippen LogP contribution in [0.25, 0.3) is 5.69 Å². The Kier molecular flexibility index (Phi) is 3.57. The Hall–Kier alpha value is -1.89. The van der Waals surface area contributed by atoms with Crippen LogP contribution in [-0.4, -0.2) is 21.9 Å². The van der Waals surface area contributed by atoms with Crippen LogP contribution in [0, 0.1) is 0 Å². The van der Waals surface area contributed by atoms with Crippen molar-refractivity contribution in [1.82, 2.24) is 14.8 Å². The number of methoxy groups -OCH3 is 1. The third-order valence-corrected chi connectivity index (χ3v) is 2.74. The van der Waals surface area contributed by atoms with Gasteiger partial charge >= 0.3 is 6.18 Å². The summed E-state index contributed by atoms with van der Waals surface area (Å²) in [4.78, 5) is 0. The molecule has 1 heterocycles. The van der Waals surface area contributed by atoms with Crippen LogP contribution in [0.15, 0.2) is 30.6 Å². The first-order valence-corrected chi connectivity index (χ1v) is 5.54. The van der Waals surface area contributed by atoms with E-state index in [2.05, 4.69) is 10.2 Å². The van der Waals surface area contributed by atoms with E-state index in [0.717, 1.165) is 12.1 Å². The predicted octanol–water partition coefficient (Wildman–Crippen LogP) is 2.99. The van der Waals surface area contributed by atoms with Gasteiger partial charge in [0.05, 0.1) is 5.56 Å². The molecule has 0 aliphatic rings. The van der Waals surface area contributed by atoms with Crippen molar-refractivity contribution < 1.29 is 17.9 Å². The molecule has 7 heteroatoms. The monoisotopic (exact) mass is 271 g/mol. The third-order valence-electron chi connectivity index (χ3n) is 2.74. The first kappa shape index (κ1) is 13.5. The highest BCUT2D eigenvalue weighted by molar-refractivity contribution is 5.37. The molecule has 1 aromatic heterocycles. The average molecular weight is 271 g/mol. The highest BCUT2D eigenvalue weighted by Crippen LogP contribution is 2.30. The summed E-state index contributed by atoms with van der Waals surface area (Å²) in [6, 6.07) is 4.98. The largest absolute Gasteiger partial charge is 0.416 e. The minimum absolute atomic E-state index is 0.346. The van der Waals surface area contributed by atoms with Crippen molar-refractivity contribution in [3.63, 3.8) is 0 Å². The SMILES string of the molecule is CO[C@@H](C)c1nncn1-c1cccc(C(F)(F)F)c1. The van der Waals surface area contributed by atoms with E-state index < -0.39 is 11.7 Å². The molecule has 0 N–H and O–H groups in total. The summed E-state index contributed by atoms with van der Waals surface area (Å²) in [5.41, 5.74) is -0.367. The Bertz CT molecular complexity index is 565. The summed E-state index contributed by atoms with van der Waals surface area (Å²) in [6.45, 7) is 1.74. The van der Waals surface area contributed by atoms with Gasteiger partial charge in [-0.05, 0) is 25.1 Å². The van der Waals surface area contributed by atoms with Gasteiger partial charge in [-0.15, -0.1) is 10.2 Å². The average Bonchev–Trinajstić information content (AvgIpc) is 2.86. The number of hydrogen-bond donors (Lipinski definition) is 0. The molecule has 4 nitrogen and oxygen atoms in total. The van der Waals surface area contributed by atoms with E-state index in [1.165, 1.54) is 24.1 Å². The topological polar surface area (TPSA) is 39.9 Å². The number of rotatable bonds is 3. The molecule has 0 aliphatic carbocycles. The Labute approximate surface area is 107 Å². The molecule has 0 radical (unpaired) electrons. The van der Waals surface area contributed by atoms with Crippen molar-refractivity contribution >= 4 is 0 Å². The maximum absolute atomic E-state index is 12.7. The maximum atomic E-state index is 12.7. The van der Waals surface area contributed by atoms with Crippen LogP contribution in [-0.2, 0) is 10.9 Å². The van der Waals surface area contributed by atoms with Crippen molar-refractivity contribution in [1.29, 1.82) is 0 Å². The lowest BCUT2D eigenvalue weighted by Crippen LogP contribution is -2.09. The predicted molar refractivity (Wildman–Crippen MR) is 61.8 cm³/mol. The summed E-state index contributed by atoms with van der Waals surface area (Å²) in [7, 11) is 1.50. The van der Waals surface area contributed by atoms with E-state index >= 15 is 0 Å². The fourth-order valence-corrected chi connectivity index (χ4v) is 1.66. The van der Waals surface area contributed by atoms with E-state index in [1.807, 2.05) is 0 Å². The molecule has 1 atom stereocenters. The second-order valence-electron chi connectivity index (χ2n) is 3.99. The van der Waals surface area contributed by atoms with Crippen LogP contribution in [0.5, 0.6) is 0 Å². The number of alkyl halides is 3. The van der Waals surface area contributed by atoms with E-state index in [4.69, 9.17) is 4.74 Å². The van der Waals surface area contributed by atoms with Crippen LogP contribution in [0.2, 0.25) is 0 Å². The summed E-state index contributed by atoms with van der Waals surface area (Å²) in [5.74, 6) is 0.446. The lowest BCUT2D eigenvalue weighted by molar-refractivity contribution is -0.137. The number of benzene rings is 1. The molecule has 0 spiro atoms. The molecule has 2 rings (SSSR count). The van der Waals surface area contributed by atoms with Gasteiger partial charge in [0.2, 0.25) is 0 Å². The van der Waals surface area contributed by atoms with Crippen molar-refractivity contribution in [2.24, 2.45) is 0 Å². The number of ether oxygens (including phenoxy) is 1. The van der Waals surface area contributed by atoms with Gasteiger partial charge in [0, 0.05) is 12.8 Å². The number of halogens is 3. The molecule has 102 valence electrons. The highest BCUT2D eigenvalue weighted by atomic mass is 19.4. The first-order chi connectivity index (χ1) is 8.93. The molecule has 0 aliphatic heterocycles. The lowest BCUT2D eigenvalue weighted by Gasteiger charge is -2.13. The van der Waals surface area contributed by atoms with E-state index in [-0.39, 0.29) is 6.10 Å². The van der Waals surface area contributed by atoms with E-state index in [0.29, 0.717) is 11.5 Å². The minimum Gasteiger partial charge on any atom is -0.374 e. The summed E-state index contributed by atoms with van der Waals surface area (Å²) in [6.07, 6.45) is -3.38. The second kappa shape index (κ2) is 5.00. The molecule has 2 aromatic rings. The summed E-state index contributed by atoms with van der Waals surface area (Å²) < 4.78 is 44.6. The molecule has 0 bridgehead atoms. The minimum atomic E-state index is -4.38. The van der Waals surface area contributed by atoms with Gasteiger partial charge < -0.3 is 4.74 Å². The van der Waals surface area contributed by atoms with Crippen molar-refractivity contribution in [3.05, 3.63) is 42.0 Å². The van der Waals surface area contributed by atoms with Gasteiger partial charge in [0.25, 0.3) is 0 Å². The van der Waals surface area contributed by atoms with Crippen LogP contribution in [0.3, 0.4) is 0 Å². The van der Waals surface area contributed by atoms with Gasteiger partial charge in [0.1, 0.15) is 12.4 Å². The van der Waals surface area contributed by atoms with E-state index in [9.17, 15) is 13.2 Å². The molecule has 1 aromatic carbocycles. The Morgan fingerprint density at radius 1 is 1.32 bits per heavy atom. The summed E-state index contributed by atoms with van der Waals surface area (Å²) >= 11 is 0. The normalized spacial score (nSPS) is 13.5. The first-order valence-electron chi connectivity index (χ1n) is 5.54. The molecule has 0 fully saturated rings. The third kappa shape index (κ3) is 2.76. The van der Waals surface area contributed by atoms with Gasteiger partial charge in [-0.2, -0.15) is 13.2 Å². The molecule has 19 heavy (non-hydrogen) atoms. The zero-order valence-corrected chi connectivity index (χ0v) is 10.3.